The van der Waals surface area contributed by atoms with Crippen molar-refractivity contribution < 1.29 is 4.74 Å². The second kappa shape index (κ2) is 10.6. The van der Waals surface area contributed by atoms with E-state index in [1.807, 2.05) is 7.05 Å². The molecule has 0 bridgehead atoms. The highest BCUT2D eigenvalue weighted by atomic mass is 127. The van der Waals surface area contributed by atoms with Crippen molar-refractivity contribution in [1.82, 2.24) is 15.5 Å². The summed E-state index contributed by atoms with van der Waals surface area (Å²) in [6.07, 6.45) is 3.74. The van der Waals surface area contributed by atoms with Crippen LogP contribution in [0.4, 0.5) is 0 Å². The number of rotatable bonds is 5. The van der Waals surface area contributed by atoms with Crippen molar-refractivity contribution in [3.05, 3.63) is 35.4 Å². The third kappa shape index (κ3) is 6.06. The van der Waals surface area contributed by atoms with Crippen molar-refractivity contribution >= 4 is 29.9 Å². The zero-order chi connectivity index (χ0) is 18.4. The molecule has 2 aliphatic rings. The van der Waals surface area contributed by atoms with Gasteiger partial charge >= 0.3 is 0 Å². The molecule has 6 heteroatoms. The van der Waals surface area contributed by atoms with Crippen LogP contribution in [0, 0.1) is 0 Å². The smallest absolute Gasteiger partial charge is 0.191 e. The molecule has 1 aromatic rings. The molecule has 1 aliphatic heterocycles. The topological polar surface area (TPSA) is 48.9 Å². The fourth-order valence-corrected chi connectivity index (χ4v) is 4.09. The first-order valence-electron chi connectivity index (χ1n) is 9.95. The molecule has 5 nitrogen and oxygen atoms in total. The Morgan fingerprint density at radius 3 is 2.70 bits per heavy atom. The predicted octanol–water partition coefficient (Wildman–Crippen LogP) is 3.00. The zero-order valence-electron chi connectivity index (χ0n) is 17.0. The van der Waals surface area contributed by atoms with E-state index in [-0.39, 0.29) is 29.5 Å². The largest absolute Gasteiger partial charge is 0.379 e. The number of benzene rings is 1. The lowest BCUT2D eigenvalue weighted by atomic mass is 9.83. The van der Waals surface area contributed by atoms with Gasteiger partial charge in [0.05, 0.1) is 13.2 Å². The number of hydrogen-bond acceptors (Lipinski definition) is 3. The van der Waals surface area contributed by atoms with Crippen molar-refractivity contribution in [2.75, 3.05) is 46.4 Å². The Morgan fingerprint density at radius 1 is 1.22 bits per heavy atom. The molecule has 0 spiro atoms. The van der Waals surface area contributed by atoms with Gasteiger partial charge in [-0.3, -0.25) is 9.89 Å². The molecule has 1 aliphatic carbocycles. The molecule has 1 heterocycles. The first kappa shape index (κ1) is 22.4. The Bertz CT molecular complexity index is 614. The van der Waals surface area contributed by atoms with Crippen LogP contribution in [0.15, 0.2) is 29.3 Å². The lowest BCUT2D eigenvalue weighted by Gasteiger charge is -2.41. The van der Waals surface area contributed by atoms with Gasteiger partial charge in [-0.05, 0) is 44.2 Å². The number of halogens is 1. The van der Waals surface area contributed by atoms with E-state index in [4.69, 9.17) is 4.74 Å². The maximum Gasteiger partial charge on any atom is 0.191 e. The quantitative estimate of drug-likeness (QED) is 0.382. The highest BCUT2D eigenvalue weighted by Crippen LogP contribution is 2.30. The van der Waals surface area contributed by atoms with Crippen LogP contribution >= 0.6 is 24.0 Å². The average Bonchev–Trinajstić information content (AvgIpc) is 2.69. The van der Waals surface area contributed by atoms with Gasteiger partial charge in [-0.1, -0.05) is 24.3 Å². The molecule has 1 atom stereocenters. The van der Waals surface area contributed by atoms with Crippen molar-refractivity contribution in [2.45, 2.75) is 44.6 Å². The van der Waals surface area contributed by atoms with E-state index in [2.05, 4.69) is 58.6 Å². The molecule has 0 amide bonds. The van der Waals surface area contributed by atoms with Crippen LogP contribution in [-0.4, -0.2) is 62.8 Å². The first-order valence-corrected chi connectivity index (χ1v) is 9.95. The predicted molar refractivity (Wildman–Crippen MR) is 123 cm³/mol. The second-order valence-corrected chi connectivity index (χ2v) is 8.01. The van der Waals surface area contributed by atoms with Gasteiger partial charge in [-0.25, -0.2) is 0 Å². The summed E-state index contributed by atoms with van der Waals surface area (Å²) in [5.41, 5.74) is 3.11. The number of hydrogen-bond donors (Lipinski definition) is 2. The summed E-state index contributed by atoms with van der Waals surface area (Å²) in [6, 6.07) is 8.88. The van der Waals surface area contributed by atoms with Crippen LogP contribution in [0.5, 0.6) is 0 Å². The Hall–Kier alpha value is -0.860. The van der Waals surface area contributed by atoms with Crippen LogP contribution in [0.2, 0.25) is 0 Å². The number of guanidine groups is 1. The monoisotopic (exact) mass is 486 g/mol. The number of ether oxygens (including phenoxy) is 1. The SMILES string of the molecule is CN=C(NCC1CCCc2ccccc21)NCC(C)(C)N1CCOCC1.I. The van der Waals surface area contributed by atoms with Crippen molar-refractivity contribution in [3.63, 3.8) is 0 Å². The summed E-state index contributed by atoms with van der Waals surface area (Å²) < 4.78 is 5.48. The Labute approximate surface area is 181 Å². The van der Waals surface area contributed by atoms with Gasteiger partial charge in [-0.15, -0.1) is 24.0 Å². The molecule has 3 rings (SSSR count). The standard InChI is InChI=1S/C21H34N4O.HI/c1-21(2,25-11-13-26-14-12-25)16-24-20(22-3)23-15-18-9-6-8-17-7-4-5-10-19(17)18;/h4-5,7,10,18H,6,8-9,11-16H2,1-3H3,(H2,22,23,24);1H. The number of fused-ring (bicyclic) bond motifs is 1. The second-order valence-electron chi connectivity index (χ2n) is 8.01. The summed E-state index contributed by atoms with van der Waals surface area (Å²) in [6.45, 7) is 10.0. The van der Waals surface area contributed by atoms with Crippen LogP contribution in [0.1, 0.15) is 43.7 Å². The van der Waals surface area contributed by atoms with E-state index in [0.717, 1.165) is 45.4 Å². The molecule has 1 fully saturated rings. The van der Waals surface area contributed by atoms with Crippen LogP contribution in [-0.2, 0) is 11.2 Å². The van der Waals surface area contributed by atoms with E-state index in [0.29, 0.717) is 5.92 Å². The minimum atomic E-state index is 0. The molecule has 0 radical (unpaired) electrons. The van der Waals surface area contributed by atoms with Crippen molar-refractivity contribution in [3.8, 4) is 0 Å². The summed E-state index contributed by atoms with van der Waals surface area (Å²) >= 11 is 0. The van der Waals surface area contributed by atoms with Crippen molar-refractivity contribution in [1.29, 1.82) is 0 Å². The van der Waals surface area contributed by atoms with Gasteiger partial charge in [0.1, 0.15) is 0 Å². The molecule has 1 saturated heterocycles. The maximum atomic E-state index is 5.48. The van der Waals surface area contributed by atoms with Gasteiger partial charge in [-0.2, -0.15) is 0 Å². The maximum absolute atomic E-state index is 5.48. The normalized spacial score (nSPS) is 21.1. The fourth-order valence-electron chi connectivity index (χ4n) is 4.09. The first-order chi connectivity index (χ1) is 12.6. The molecular formula is C21H35IN4O. The van der Waals surface area contributed by atoms with E-state index in [1.165, 1.54) is 30.4 Å². The molecule has 27 heavy (non-hydrogen) atoms. The summed E-state index contributed by atoms with van der Waals surface area (Å²) in [5.74, 6) is 1.47. The van der Waals surface area contributed by atoms with E-state index in [9.17, 15) is 0 Å². The highest BCUT2D eigenvalue weighted by Gasteiger charge is 2.28. The Kier molecular flexibility index (Phi) is 8.82. The summed E-state index contributed by atoms with van der Waals surface area (Å²) in [7, 11) is 1.85. The average molecular weight is 486 g/mol. The van der Waals surface area contributed by atoms with E-state index >= 15 is 0 Å². The molecule has 152 valence electrons. The Morgan fingerprint density at radius 2 is 1.96 bits per heavy atom. The third-order valence-corrected chi connectivity index (χ3v) is 5.79. The molecule has 1 aromatic carbocycles. The third-order valence-electron chi connectivity index (χ3n) is 5.79. The molecule has 1 unspecified atom stereocenters. The number of nitrogens with zero attached hydrogens (tertiary/aromatic N) is 2. The number of aliphatic imine (C=N–C) groups is 1. The van der Waals surface area contributed by atoms with E-state index in [1.54, 1.807) is 0 Å². The van der Waals surface area contributed by atoms with Crippen LogP contribution < -0.4 is 10.6 Å². The van der Waals surface area contributed by atoms with Crippen LogP contribution in [0.25, 0.3) is 0 Å². The number of morpholine rings is 1. The van der Waals surface area contributed by atoms with Crippen LogP contribution in [0.3, 0.4) is 0 Å². The van der Waals surface area contributed by atoms with E-state index < -0.39 is 0 Å². The number of nitrogens with one attached hydrogen (secondary N) is 2. The fraction of sp³-hybridized carbons (Fsp3) is 0.667. The summed E-state index contributed by atoms with van der Waals surface area (Å²) in [5, 5.41) is 7.08. The van der Waals surface area contributed by atoms with Gasteiger partial charge in [0.25, 0.3) is 0 Å². The minimum Gasteiger partial charge on any atom is -0.379 e. The molecule has 0 saturated carbocycles. The van der Waals surface area contributed by atoms with Gasteiger partial charge in [0.2, 0.25) is 0 Å². The van der Waals surface area contributed by atoms with Gasteiger partial charge in [0.15, 0.2) is 5.96 Å². The highest BCUT2D eigenvalue weighted by molar-refractivity contribution is 14.0. The number of aryl methyl sites for hydroxylation is 1. The van der Waals surface area contributed by atoms with Gasteiger partial charge in [0, 0.05) is 44.7 Å². The summed E-state index contributed by atoms with van der Waals surface area (Å²) in [4.78, 5) is 6.92. The Balaban J connectivity index is 0.00000261. The minimum absolute atomic E-state index is 0. The van der Waals surface area contributed by atoms with Crippen molar-refractivity contribution in [2.24, 2.45) is 4.99 Å². The lowest BCUT2D eigenvalue weighted by molar-refractivity contribution is -0.00834. The molecule has 2 N–H and O–H groups in total. The van der Waals surface area contributed by atoms with Gasteiger partial charge < -0.3 is 15.4 Å². The molecule has 0 aromatic heterocycles. The molecular weight excluding hydrogens is 451 g/mol. The lowest BCUT2D eigenvalue weighted by Crippen LogP contribution is -2.56. The zero-order valence-corrected chi connectivity index (χ0v) is 19.3.